The Labute approximate surface area is 69.8 Å². The van der Waals surface area contributed by atoms with Crippen LogP contribution < -0.4 is 4.74 Å². The summed E-state index contributed by atoms with van der Waals surface area (Å²) in [5, 5.41) is 8.81. The number of rotatable bonds is 2. The highest BCUT2D eigenvalue weighted by Crippen LogP contribution is 2.21. The van der Waals surface area contributed by atoms with Gasteiger partial charge in [-0.15, -0.1) is 0 Å². The number of methoxy groups -OCH3 is 1. The van der Waals surface area contributed by atoms with Gasteiger partial charge in [0.05, 0.1) is 31.2 Å². The predicted octanol–water partition coefficient (Wildman–Crippen LogP) is 1.03. The van der Waals surface area contributed by atoms with Crippen molar-refractivity contribution in [3.8, 4) is 5.75 Å². The Morgan fingerprint density at radius 3 is 2.83 bits per heavy atom. The maximum atomic E-state index is 13.1. The molecule has 0 aliphatic heterocycles. The Bertz CT molecular complexity index is 289. The number of hydrogen-bond acceptors (Lipinski definition) is 3. The van der Waals surface area contributed by atoms with Gasteiger partial charge < -0.3 is 9.84 Å². The van der Waals surface area contributed by atoms with E-state index in [4.69, 9.17) is 9.84 Å². The van der Waals surface area contributed by atoms with Gasteiger partial charge in [-0.1, -0.05) is 0 Å². The third-order valence-corrected chi connectivity index (χ3v) is 1.63. The molecule has 1 aromatic rings. The van der Waals surface area contributed by atoms with Crippen molar-refractivity contribution in [2.24, 2.45) is 0 Å². The predicted molar refractivity (Wildman–Crippen MR) is 41.4 cm³/mol. The van der Waals surface area contributed by atoms with Crippen molar-refractivity contribution < 1.29 is 14.2 Å². The van der Waals surface area contributed by atoms with E-state index in [1.165, 1.54) is 20.2 Å². The number of aliphatic hydroxyl groups is 1. The van der Waals surface area contributed by atoms with Crippen molar-refractivity contribution in [2.45, 2.75) is 13.5 Å². The van der Waals surface area contributed by atoms with E-state index in [0.29, 0.717) is 0 Å². The highest BCUT2D eigenvalue weighted by Gasteiger charge is 2.11. The van der Waals surface area contributed by atoms with Crippen LogP contribution in [0.5, 0.6) is 5.75 Å². The molecule has 0 aliphatic rings. The van der Waals surface area contributed by atoms with E-state index in [0.717, 1.165) is 0 Å². The zero-order valence-corrected chi connectivity index (χ0v) is 6.97. The molecule has 1 heterocycles. The van der Waals surface area contributed by atoms with Crippen LogP contribution in [0.25, 0.3) is 0 Å². The van der Waals surface area contributed by atoms with Gasteiger partial charge in [-0.05, 0) is 6.92 Å². The number of aliphatic hydroxyl groups excluding tert-OH is 1. The summed E-state index contributed by atoms with van der Waals surface area (Å²) >= 11 is 0. The third-order valence-electron chi connectivity index (χ3n) is 1.63. The topological polar surface area (TPSA) is 42.4 Å². The smallest absolute Gasteiger partial charge is 0.153 e. The number of hydrogen-bond donors (Lipinski definition) is 1. The molecule has 1 rings (SSSR count). The van der Waals surface area contributed by atoms with Crippen molar-refractivity contribution >= 4 is 0 Å². The highest BCUT2D eigenvalue weighted by molar-refractivity contribution is 5.33. The average molecular weight is 171 g/mol. The molecule has 0 radical (unpaired) electrons. The molecule has 0 unspecified atom stereocenters. The summed E-state index contributed by atoms with van der Waals surface area (Å²) in [5.41, 5.74) is 0.421. The lowest BCUT2D eigenvalue weighted by Crippen LogP contribution is -2.00. The van der Waals surface area contributed by atoms with Crippen LogP contribution in [-0.2, 0) is 6.61 Å². The van der Waals surface area contributed by atoms with Gasteiger partial charge in [0, 0.05) is 0 Å². The molecule has 0 atom stereocenters. The first-order valence-electron chi connectivity index (χ1n) is 3.49. The van der Waals surface area contributed by atoms with Crippen LogP contribution in [0.4, 0.5) is 4.39 Å². The lowest BCUT2D eigenvalue weighted by atomic mass is 10.2. The number of aryl methyl sites for hydroxylation is 1. The first-order valence-corrected chi connectivity index (χ1v) is 3.49. The van der Waals surface area contributed by atoms with Crippen LogP contribution in [-0.4, -0.2) is 17.2 Å². The highest BCUT2D eigenvalue weighted by atomic mass is 19.1. The maximum absolute atomic E-state index is 13.1. The van der Waals surface area contributed by atoms with Gasteiger partial charge in [0.1, 0.15) is 5.75 Å². The van der Waals surface area contributed by atoms with Crippen LogP contribution in [0.3, 0.4) is 0 Å². The molecule has 0 fully saturated rings. The molecular weight excluding hydrogens is 161 g/mol. The van der Waals surface area contributed by atoms with Crippen molar-refractivity contribution in [3.63, 3.8) is 0 Å². The lowest BCUT2D eigenvalue weighted by molar-refractivity contribution is 0.266. The van der Waals surface area contributed by atoms with E-state index in [1.807, 2.05) is 0 Å². The van der Waals surface area contributed by atoms with E-state index in [1.54, 1.807) is 0 Å². The first-order chi connectivity index (χ1) is 5.70. The van der Waals surface area contributed by atoms with Gasteiger partial charge in [0.2, 0.25) is 0 Å². The molecule has 0 amide bonds. The Balaban J connectivity index is 3.25. The van der Waals surface area contributed by atoms with Crippen LogP contribution in [0.2, 0.25) is 0 Å². The molecule has 0 saturated carbocycles. The van der Waals surface area contributed by atoms with Gasteiger partial charge in [0.25, 0.3) is 0 Å². The fourth-order valence-corrected chi connectivity index (χ4v) is 0.940. The van der Waals surface area contributed by atoms with E-state index < -0.39 is 5.82 Å². The Kier molecular flexibility index (Phi) is 2.60. The fraction of sp³-hybridized carbons (Fsp3) is 0.375. The molecule has 0 aromatic carbocycles. The zero-order chi connectivity index (χ0) is 9.14. The molecule has 0 saturated heterocycles. The summed E-state index contributed by atoms with van der Waals surface area (Å²) in [5.74, 6) is -0.225. The quantitative estimate of drug-likeness (QED) is 0.722. The standard InChI is InChI=1S/C8H10FNO2/c1-5-8(9)6(4-11)7(12-2)3-10-5/h3,11H,4H2,1-2H3. The van der Waals surface area contributed by atoms with Gasteiger partial charge in [-0.2, -0.15) is 0 Å². The number of halogens is 1. The Hall–Kier alpha value is -1.16. The summed E-state index contributed by atoms with van der Waals surface area (Å²) in [4.78, 5) is 3.75. The van der Waals surface area contributed by atoms with Crippen molar-refractivity contribution in [3.05, 3.63) is 23.3 Å². The summed E-state index contributed by atoms with van der Waals surface area (Å²) < 4.78 is 18.0. The minimum absolute atomic E-state index is 0.157. The molecule has 0 aliphatic carbocycles. The Morgan fingerprint density at radius 1 is 1.67 bits per heavy atom. The minimum Gasteiger partial charge on any atom is -0.495 e. The SMILES string of the molecule is COc1cnc(C)c(F)c1CO. The van der Waals surface area contributed by atoms with E-state index in [2.05, 4.69) is 4.98 Å². The van der Waals surface area contributed by atoms with Gasteiger partial charge >= 0.3 is 0 Å². The Morgan fingerprint density at radius 2 is 2.33 bits per heavy atom. The van der Waals surface area contributed by atoms with Crippen molar-refractivity contribution in [1.29, 1.82) is 0 Å². The molecule has 4 heteroatoms. The second-order valence-corrected chi connectivity index (χ2v) is 2.36. The second kappa shape index (κ2) is 3.49. The maximum Gasteiger partial charge on any atom is 0.153 e. The molecule has 1 aromatic heterocycles. The van der Waals surface area contributed by atoms with Gasteiger partial charge in [-0.3, -0.25) is 4.98 Å². The molecule has 0 bridgehead atoms. The number of pyridine rings is 1. The summed E-state index contributed by atoms with van der Waals surface area (Å²) in [6.45, 7) is 1.16. The molecule has 12 heavy (non-hydrogen) atoms. The van der Waals surface area contributed by atoms with Crippen molar-refractivity contribution in [1.82, 2.24) is 4.98 Å². The lowest BCUT2D eigenvalue weighted by Gasteiger charge is -2.07. The largest absolute Gasteiger partial charge is 0.495 e. The van der Waals surface area contributed by atoms with Crippen LogP contribution in [0.1, 0.15) is 11.3 Å². The van der Waals surface area contributed by atoms with Gasteiger partial charge in [-0.25, -0.2) is 4.39 Å². The van der Waals surface area contributed by atoms with Crippen molar-refractivity contribution in [2.75, 3.05) is 7.11 Å². The fourth-order valence-electron chi connectivity index (χ4n) is 0.940. The molecule has 66 valence electrons. The number of aromatic nitrogens is 1. The molecular formula is C8H10FNO2. The minimum atomic E-state index is -0.503. The van der Waals surface area contributed by atoms with Gasteiger partial charge in [0.15, 0.2) is 5.82 Å². The van der Waals surface area contributed by atoms with E-state index in [9.17, 15) is 4.39 Å². The molecule has 0 spiro atoms. The van der Waals surface area contributed by atoms with Crippen LogP contribution in [0, 0.1) is 12.7 Å². The summed E-state index contributed by atoms with van der Waals surface area (Å²) in [7, 11) is 1.41. The number of ether oxygens (including phenoxy) is 1. The van der Waals surface area contributed by atoms with Crippen LogP contribution >= 0.6 is 0 Å². The van der Waals surface area contributed by atoms with Crippen LogP contribution in [0.15, 0.2) is 6.20 Å². The monoisotopic (exact) mass is 171 g/mol. The average Bonchev–Trinajstić information content (AvgIpc) is 2.09. The number of nitrogens with zero attached hydrogens (tertiary/aromatic N) is 1. The zero-order valence-electron chi connectivity index (χ0n) is 6.97. The molecule has 1 N–H and O–H groups in total. The van der Waals surface area contributed by atoms with E-state index in [-0.39, 0.29) is 23.6 Å². The summed E-state index contributed by atoms with van der Waals surface area (Å²) in [6, 6.07) is 0. The third kappa shape index (κ3) is 1.38. The summed E-state index contributed by atoms with van der Waals surface area (Å²) in [6.07, 6.45) is 1.39. The second-order valence-electron chi connectivity index (χ2n) is 2.36. The van der Waals surface area contributed by atoms with E-state index >= 15 is 0 Å². The molecule has 3 nitrogen and oxygen atoms in total. The normalized spacial score (nSPS) is 10.0. The first kappa shape index (κ1) is 8.93.